The van der Waals surface area contributed by atoms with Gasteiger partial charge in [-0.05, 0) is 43.0 Å². The molecule has 0 spiro atoms. The third kappa shape index (κ3) is 3.52. The zero-order valence-corrected chi connectivity index (χ0v) is 14.1. The number of H-pyrrole nitrogens is 1. The Balaban J connectivity index is 1.62. The van der Waals surface area contributed by atoms with Gasteiger partial charge in [0.1, 0.15) is 5.75 Å². The third-order valence-corrected chi connectivity index (χ3v) is 6.27. The molecule has 0 amide bonds. The van der Waals surface area contributed by atoms with Crippen LogP contribution in [0.2, 0.25) is 0 Å². The average Bonchev–Trinajstić information content (AvgIpc) is 3.16. The number of fused-ring (bicyclic) bond motifs is 1. The normalized spacial score (nSPS) is 16.6. The summed E-state index contributed by atoms with van der Waals surface area (Å²) in [5, 5.41) is 10.5. The predicted molar refractivity (Wildman–Crippen MR) is 90.6 cm³/mol. The lowest BCUT2D eigenvalue weighted by Gasteiger charge is -2.23. The Morgan fingerprint density at radius 2 is 2.09 bits per heavy atom. The molecule has 1 aliphatic rings. The van der Waals surface area contributed by atoms with E-state index in [1.54, 1.807) is 19.2 Å². The van der Waals surface area contributed by atoms with Crippen LogP contribution in [0.3, 0.4) is 0 Å². The summed E-state index contributed by atoms with van der Waals surface area (Å²) in [6, 6.07) is 5.26. The van der Waals surface area contributed by atoms with Crippen LogP contribution in [0.4, 0.5) is 0 Å². The maximum atomic E-state index is 12.3. The first-order chi connectivity index (χ1) is 11.0. The van der Waals surface area contributed by atoms with Crippen molar-refractivity contribution < 1.29 is 13.5 Å². The minimum atomic E-state index is -3.43. The van der Waals surface area contributed by atoms with E-state index in [1.807, 2.05) is 12.3 Å². The highest BCUT2D eigenvalue weighted by molar-refractivity contribution is 7.87. The van der Waals surface area contributed by atoms with Crippen LogP contribution in [-0.4, -0.2) is 42.4 Å². The van der Waals surface area contributed by atoms with Gasteiger partial charge in [0, 0.05) is 36.7 Å². The van der Waals surface area contributed by atoms with Crippen LogP contribution in [0.15, 0.2) is 24.4 Å². The van der Waals surface area contributed by atoms with Gasteiger partial charge in [-0.2, -0.15) is 12.7 Å². The van der Waals surface area contributed by atoms with E-state index in [9.17, 15) is 13.5 Å². The second kappa shape index (κ2) is 6.51. The van der Waals surface area contributed by atoms with Crippen molar-refractivity contribution in [3.05, 3.63) is 30.0 Å². The van der Waals surface area contributed by atoms with Crippen LogP contribution in [0, 0.1) is 0 Å². The molecular weight excluding hydrogens is 314 g/mol. The number of phenolic OH excluding ortho intramolecular Hbond substituents is 1. The van der Waals surface area contributed by atoms with Gasteiger partial charge in [0.15, 0.2) is 0 Å². The van der Waals surface area contributed by atoms with Gasteiger partial charge in [-0.15, -0.1) is 0 Å². The topological polar surface area (TPSA) is 85.4 Å². The highest BCUT2D eigenvalue weighted by Crippen LogP contribution is 2.24. The van der Waals surface area contributed by atoms with E-state index in [0.717, 1.165) is 42.1 Å². The second-order valence-corrected chi connectivity index (χ2v) is 7.96. The fraction of sp³-hybridized carbons (Fsp3) is 0.500. The minimum Gasteiger partial charge on any atom is -0.508 e. The summed E-state index contributed by atoms with van der Waals surface area (Å²) in [7, 11) is -1.78. The number of hydrogen-bond donors (Lipinski definition) is 3. The number of nitrogens with zero attached hydrogens (tertiary/aromatic N) is 1. The van der Waals surface area contributed by atoms with Crippen molar-refractivity contribution in [3.8, 4) is 5.75 Å². The molecule has 126 valence electrons. The van der Waals surface area contributed by atoms with E-state index < -0.39 is 10.2 Å². The summed E-state index contributed by atoms with van der Waals surface area (Å²) < 4.78 is 28.8. The zero-order valence-electron chi connectivity index (χ0n) is 13.2. The maximum absolute atomic E-state index is 12.3. The van der Waals surface area contributed by atoms with Crippen LogP contribution in [0.5, 0.6) is 5.75 Å². The number of aromatic hydroxyl groups is 1. The molecule has 0 bridgehead atoms. The van der Waals surface area contributed by atoms with Gasteiger partial charge in [-0.3, -0.25) is 0 Å². The number of aromatic amines is 1. The monoisotopic (exact) mass is 337 g/mol. The lowest BCUT2D eigenvalue weighted by molar-refractivity contribution is 0.367. The molecule has 3 rings (SSSR count). The highest BCUT2D eigenvalue weighted by Gasteiger charge is 2.28. The molecular formula is C16H23N3O3S. The largest absolute Gasteiger partial charge is 0.508 e. The molecule has 1 aromatic heterocycles. The Kier molecular flexibility index (Phi) is 4.61. The molecule has 7 heteroatoms. The number of rotatable bonds is 6. The molecule has 2 aromatic rings. The molecule has 1 aliphatic carbocycles. The highest BCUT2D eigenvalue weighted by atomic mass is 32.2. The smallest absolute Gasteiger partial charge is 0.279 e. The van der Waals surface area contributed by atoms with Crippen molar-refractivity contribution in [1.29, 1.82) is 0 Å². The first-order valence-electron chi connectivity index (χ1n) is 7.99. The van der Waals surface area contributed by atoms with Crippen molar-refractivity contribution in [3.63, 3.8) is 0 Å². The first-order valence-corrected chi connectivity index (χ1v) is 9.43. The quantitative estimate of drug-likeness (QED) is 0.755. The standard InChI is InChI=1S/C16H23N3O3S/c1-19(13-4-2-3-5-13)23(21,22)18-9-8-12-11-17-16-7-6-14(20)10-15(12)16/h6-7,10-11,13,17-18,20H,2-5,8-9H2,1H3. The van der Waals surface area contributed by atoms with Gasteiger partial charge < -0.3 is 10.1 Å². The summed E-state index contributed by atoms with van der Waals surface area (Å²) in [5.41, 5.74) is 1.92. The van der Waals surface area contributed by atoms with Gasteiger partial charge >= 0.3 is 0 Å². The average molecular weight is 337 g/mol. The number of nitrogens with one attached hydrogen (secondary N) is 2. The Bertz CT molecular complexity index is 779. The summed E-state index contributed by atoms with van der Waals surface area (Å²) in [6.45, 7) is 0.335. The lowest BCUT2D eigenvalue weighted by atomic mass is 10.1. The lowest BCUT2D eigenvalue weighted by Crippen LogP contribution is -2.43. The zero-order chi connectivity index (χ0) is 16.4. The van der Waals surface area contributed by atoms with E-state index in [-0.39, 0.29) is 11.8 Å². The number of phenols is 1. The van der Waals surface area contributed by atoms with E-state index in [2.05, 4.69) is 9.71 Å². The molecule has 0 radical (unpaired) electrons. The van der Waals surface area contributed by atoms with Crippen LogP contribution in [0.25, 0.3) is 10.9 Å². The van der Waals surface area contributed by atoms with Crippen molar-refractivity contribution >= 4 is 21.1 Å². The van der Waals surface area contributed by atoms with Crippen molar-refractivity contribution in [2.24, 2.45) is 0 Å². The minimum absolute atomic E-state index is 0.123. The summed E-state index contributed by atoms with van der Waals surface area (Å²) >= 11 is 0. The predicted octanol–water partition coefficient (Wildman–Crippen LogP) is 2.12. The number of benzene rings is 1. The molecule has 1 aromatic carbocycles. The molecule has 0 saturated heterocycles. The van der Waals surface area contributed by atoms with Crippen molar-refractivity contribution in [2.75, 3.05) is 13.6 Å². The molecule has 23 heavy (non-hydrogen) atoms. The SMILES string of the molecule is CN(C1CCCC1)S(=O)(=O)NCCc1c[nH]c2ccc(O)cc12. The Morgan fingerprint density at radius 3 is 2.83 bits per heavy atom. The van der Waals surface area contributed by atoms with Gasteiger partial charge in [0.2, 0.25) is 0 Å². The van der Waals surface area contributed by atoms with Crippen molar-refractivity contribution in [1.82, 2.24) is 14.0 Å². The van der Waals surface area contributed by atoms with Gasteiger partial charge in [0.25, 0.3) is 10.2 Å². The van der Waals surface area contributed by atoms with E-state index >= 15 is 0 Å². The number of aromatic nitrogens is 1. The molecule has 0 unspecified atom stereocenters. The Morgan fingerprint density at radius 1 is 1.35 bits per heavy atom. The summed E-state index contributed by atoms with van der Waals surface area (Å²) in [4.78, 5) is 3.13. The van der Waals surface area contributed by atoms with Gasteiger partial charge in [-0.1, -0.05) is 12.8 Å². The molecule has 0 aliphatic heterocycles. The Hall–Kier alpha value is -1.57. The van der Waals surface area contributed by atoms with Crippen LogP contribution in [-0.2, 0) is 16.6 Å². The molecule has 3 N–H and O–H groups in total. The van der Waals surface area contributed by atoms with E-state index in [0.29, 0.717) is 13.0 Å². The third-order valence-electron chi connectivity index (χ3n) is 4.65. The molecule has 1 fully saturated rings. The summed E-state index contributed by atoms with van der Waals surface area (Å²) in [6.07, 6.45) is 6.52. The van der Waals surface area contributed by atoms with Gasteiger partial charge in [-0.25, -0.2) is 4.72 Å². The molecule has 0 atom stereocenters. The second-order valence-electron chi connectivity index (χ2n) is 6.15. The van der Waals surface area contributed by atoms with Crippen LogP contribution >= 0.6 is 0 Å². The van der Waals surface area contributed by atoms with Crippen molar-refractivity contribution in [2.45, 2.75) is 38.1 Å². The fourth-order valence-corrected chi connectivity index (χ4v) is 4.42. The summed E-state index contributed by atoms with van der Waals surface area (Å²) in [5.74, 6) is 0.208. The maximum Gasteiger partial charge on any atom is 0.279 e. The van der Waals surface area contributed by atoms with Crippen LogP contribution in [0.1, 0.15) is 31.2 Å². The van der Waals surface area contributed by atoms with E-state index in [1.165, 1.54) is 4.31 Å². The molecule has 1 heterocycles. The molecule has 6 nitrogen and oxygen atoms in total. The fourth-order valence-electron chi connectivity index (χ4n) is 3.25. The Labute approximate surface area is 136 Å². The van der Waals surface area contributed by atoms with E-state index in [4.69, 9.17) is 0 Å². The first kappa shape index (κ1) is 16.3. The number of hydrogen-bond acceptors (Lipinski definition) is 3. The molecule has 1 saturated carbocycles. The van der Waals surface area contributed by atoms with Gasteiger partial charge in [0.05, 0.1) is 0 Å². The van der Waals surface area contributed by atoms with Crippen LogP contribution < -0.4 is 4.72 Å².